The van der Waals surface area contributed by atoms with Gasteiger partial charge in [-0.25, -0.2) is 4.98 Å². The maximum atomic E-state index is 12.5. The molecule has 1 saturated heterocycles. The summed E-state index contributed by atoms with van der Waals surface area (Å²) in [5.41, 5.74) is 0.973. The number of rotatable bonds is 5. The van der Waals surface area contributed by atoms with E-state index in [1.165, 1.54) is 17.4 Å². The van der Waals surface area contributed by atoms with Crippen LogP contribution in [0.25, 0.3) is 15.2 Å². The molecule has 3 aromatic heterocycles. The number of aromatic nitrogens is 2. The molecule has 0 spiro atoms. The van der Waals surface area contributed by atoms with Crippen LogP contribution in [0.2, 0.25) is 0 Å². The highest BCUT2D eigenvalue weighted by Crippen LogP contribution is 2.24. The summed E-state index contributed by atoms with van der Waals surface area (Å²) >= 11 is 1.40. The van der Waals surface area contributed by atoms with Gasteiger partial charge in [-0.3, -0.25) is 18.8 Å². The van der Waals surface area contributed by atoms with Gasteiger partial charge in [0.05, 0.1) is 34.6 Å². The van der Waals surface area contributed by atoms with Gasteiger partial charge in [-0.2, -0.15) is 0 Å². The molecule has 8 nitrogen and oxygen atoms in total. The smallest absolute Gasteiger partial charge is 0.311 e. The van der Waals surface area contributed by atoms with Gasteiger partial charge in [0.25, 0.3) is 5.56 Å². The van der Waals surface area contributed by atoms with Gasteiger partial charge in [-0.15, -0.1) is 0 Å². The molecule has 30 heavy (non-hydrogen) atoms. The molecule has 0 unspecified atom stereocenters. The fraction of sp³-hybridized carbons (Fsp3) is 0.238. The van der Waals surface area contributed by atoms with E-state index in [2.05, 4.69) is 4.98 Å². The Morgan fingerprint density at radius 1 is 1.23 bits per heavy atom. The highest BCUT2D eigenvalue weighted by molar-refractivity contribution is 7.23. The van der Waals surface area contributed by atoms with Crippen LogP contribution < -0.4 is 5.56 Å². The van der Waals surface area contributed by atoms with E-state index >= 15 is 0 Å². The molecule has 5 rings (SSSR count). The summed E-state index contributed by atoms with van der Waals surface area (Å²) in [4.78, 5) is 43.8. The molecule has 4 aromatic rings. The lowest BCUT2D eigenvalue weighted by atomic mass is 10.1. The Kier molecular flexibility index (Phi) is 4.59. The Labute approximate surface area is 174 Å². The van der Waals surface area contributed by atoms with Crippen molar-refractivity contribution in [2.45, 2.75) is 19.6 Å². The van der Waals surface area contributed by atoms with Gasteiger partial charge in [0.1, 0.15) is 12.4 Å². The summed E-state index contributed by atoms with van der Waals surface area (Å²) < 4.78 is 13.1. The monoisotopic (exact) mass is 423 g/mol. The fourth-order valence-electron chi connectivity index (χ4n) is 3.63. The van der Waals surface area contributed by atoms with Crippen molar-refractivity contribution in [3.63, 3.8) is 0 Å². The van der Waals surface area contributed by atoms with Crippen molar-refractivity contribution < 1.29 is 18.7 Å². The van der Waals surface area contributed by atoms with E-state index in [-0.39, 0.29) is 31.0 Å². The number of thiazole rings is 1. The lowest BCUT2D eigenvalue weighted by Crippen LogP contribution is -2.26. The molecule has 1 aliphatic rings. The SMILES string of the molecule is O=C(OCc1cc(=O)n2c(n1)sc1ccccc12)[C@@H]1CC(=O)N(Cc2ccco2)C1. The van der Waals surface area contributed by atoms with Gasteiger partial charge in [0.15, 0.2) is 4.96 Å². The Hall–Kier alpha value is -3.46. The lowest BCUT2D eigenvalue weighted by Gasteiger charge is -2.14. The predicted octanol–water partition coefficient (Wildman–Crippen LogP) is 2.59. The number of likely N-dealkylation sites (tertiary alicyclic amines) is 1. The van der Waals surface area contributed by atoms with Crippen molar-refractivity contribution in [3.05, 3.63) is 70.5 Å². The van der Waals surface area contributed by atoms with Crippen LogP contribution in [0.4, 0.5) is 0 Å². The van der Waals surface area contributed by atoms with Crippen LogP contribution in [0, 0.1) is 5.92 Å². The molecule has 0 aliphatic carbocycles. The predicted molar refractivity (Wildman–Crippen MR) is 109 cm³/mol. The first-order chi connectivity index (χ1) is 14.6. The maximum Gasteiger partial charge on any atom is 0.311 e. The third-order valence-corrected chi connectivity index (χ3v) is 6.11. The van der Waals surface area contributed by atoms with Gasteiger partial charge in [-0.1, -0.05) is 23.5 Å². The number of para-hydroxylation sites is 1. The van der Waals surface area contributed by atoms with Crippen molar-refractivity contribution in [2.75, 3.05) is 6.54 Å². The average Bonchev–Trinajstić information content (AvgIpc) is 3.45. The second-order valence-electron chi connectivity index (χ2n) is 7.14. The summed E-state index contributed by atoms with van der Waals surface area (Å²) in [6.45, 7) is 0.502. The lowest BCUT2D eigenvalue weighted by molar-refractivity contribution is -0.149. The van der Waals surface area contributed by atoms with Gasteiger partial charge >= 0.3 is 5.97 Å². The Morgan fingerprint density at radius 3 is 2.93 bits per heavy atom. The Balaban J connectivity index is 1.27. The molecule has 1 aliphatic heterocycles. The first-order valence-corrected chi connectivity index (χ1v) is 10.3. The highest BCUT2D eigenvalue weighted by atomic mass is 32.1. The van der Waals surface area contributed by atoms with Gasteiger partial charge in [-0.05, 0) is 24.3 Å². The minimum atomic E-state index is -0.540. The highest BCUT2D eigenvalue weighted by Gasteiger charge is 2.35. The number of carbonyl (C=O) groups is 2. The molecule has 4 heterocycles. The van der Waals surface area contributed by atoms with Gasteiger partial charge < -0.3 is 14.1 Å². The molecule has 1 amide bonds. The third kappa shape index (κ3) is 3.37. The zero-order chi connectivity index (χ0) is 20.7. The average molecular weight is 423 g/mol. The van der Waals surface area contributed by atoms with E-state index < -0.39 is 11.9 Å². The first kappa shape index (κ1) is 18.6. The largest absolute Gasteiger partial charge is 0.467 e. The topological polar surface area (TPSA) is 94.1 Å². The molecule has 152 valence electrons. The zero-order valence-corrected chi connectivity index (χ0v) is 16.6. The summed E-state index contributed by atoms with van der Waals surface area (Å²) in [5, 5.41) is 0. The van der Waals surface area contributed by atoms with Crippen LogP contribution in [-0.2, 0) is 27.5 Å². The zero-order valence-electron chi connectivity index (χ0n) is 15.8. The van der Waals surface area contributed by atoms with E-state index in [9.17, 15) is 14.4 Å². The number of benzene rings is 1. The molecule has 1 aromatic carbocycles. The summed E-state index contributed by atoms with van der Waals surface area (Å²) in [7, 11) is 0. The Bertz CT molecular complexity index is 1310. The van der Waals surface area contributed by atoms with E-state index in [0.717, 1.165) is 10.2 Å². The van der Waals surface area contributed by atoms with Crippen LogP contribution in [0.15, 0.2) is 57.9 Å². The number of hydrogen-bond acceptors (Lipinski definition) is 7. The first-order valence-electron chi connectivity index (χ1n) is 9.45. The van der Waals surface area contributed by atoms with Crippen molar-refractivity contribution in [1.29, 1.82) is 0 Å². The maximum absolute atomic E-state index is 12.5. The molecular weight excluding hydrogens is 406 g/mol. The standard InChI is InChI=1S/C21H17N3O5S/c25-18-8-13(10-23(18)11-15-4-3-7-28-15)20(27)29-12-14-9-19(26)24-16-5-1-2-6-17(16)30-21(24)22-14/h1-7,9,13H,8,10-12H2/t13-/m1/s1. The van der Waals surface area contributed by atoms with Crippen molar-refractivity contribution in [3.8, 4) is 0 Å². The minimum Gasteiger partial charge on any atom is -0.467 e. The number of fused-ring (bicyclic) bond motifs is 3. The van der Waals surface area contributed by atoms with Crippen LogP contribution in [0.1, 0.15) is 17.9 Å². The molecule has 0 N–H and O–H groups in total. The minimum absolute atomic E-state index is 0.102. The number of hydrogen-bond donors (Lipinski definition) is 0. The van der Waals surface area contributed by atoms with E-state index in [1.54, 1.807) is 27.7 Å². The van der Waals surface area contributed by atoms with Crippen molar-refractivity contribution in [2.24, 2.45) is 5.92 Å². The third-order valence-electron chi connectivity index (χ3n) is 5.09. The summed E-state index contributed by atoms with van der Waals surface area (Å²) in [6.07, 6.45) is 1.65. The van der Waals surface area contributed by atoms with Gasteiger partial charge in [0.2, 0.25) is 5.91 Å². The molecule has 1 fully saturated rings. The number of esters is 1. The summed E-state index contributed by atoms with van der Waals surface area (Å²) in [6, 6.07) is 12.5. The van der Waals surface area contributed by atoms with Crippen LogP contribution >= 0.6 is 11.3 Å². The molecule has 1 atom stereocenters. The van der Waals surface area contributed by atoms with E-state index in [0.29, 0.717) is 23.0 Å². The van der Waals surface area contributed by atoms with Crippen LogP contribution in [0.5, 0.6) is 0 Å². The normalized spacial score (nSPS) is 16.6. The van der Waals surface area contributed by atoms with Crippen molar-refractivity contribution >= 4 is 38.4 Å². The molecule has 0 radical (unpaired) electrons. The molecule has 9 heteroatoms. The Morgan fingerprint density at radius 2 is 2.10 bits per heavy atom. The molecule has 0 bridgehead atoms. The summed E-state index contributed by atoms with van der Waals surface area (Å²) in [5.74, 6) is -0.458. The van der Waals surface area contributed by atoms with Gasteiger partial charge in [0, 0.05) is 19.0 Å². The second-order valence-corrected chi connectivity index (χ2v) is 8.14. The van der Waals surface area contributed by atoms with Crippen molar-refractivity contribution in [1.82, 2.24) is 14.3 Å². The fourth-order valence-corrected chi connectivity index (χ4v) is 4.68. The quantitative estimate of drug-likeness (QED) is 0.458. The van der Waals surface area contributed by atoms with Crippen LogP contribution in [-0.4, -0.2) is 32.7 Å². The molecule has 0 saturated carbocycles. The second kappa shape index (κ2) is 7.42. The van der Waals surface area contributed by atoms with E-state index in [4.69, 9.17) is 9.15 Å². The number of nitrogens with zero attached hydrogens (tertiary/aromatic N) is 3. The number of furan rings is 1. The number of carbonyl (C=O) groups excluding carboxylic acids is 2. The number of amides is 1. The molecular formula is C21H17N3O5S. The van der Waals surface area contributed by atoms with E-state index in [1.807, 2.05) is 24.3 Å². The van der Waals surface area contributed by atoms with Crippen LogP contribution in [0.3, 0.4) is 0 Å². The number of ether oxygens (including phenoxy) is 1.